The van der Waals surface area contributed by atoms with Crippen molar-refractivity contribution in [2.45, 2.75) is 26.8 Å². The highest BCUT2D eigenvalue weighted by atomic mass is 16.2. The minimum atomic E-state index is -0.0550. The maximum absolute atomic E-state index is 11.9. The molecule has 0 spiro atoms. The number of nitrogens with two attached hydrogens (primary N) is 1. The molecule has 1 aliphatic carbocycles. The molecule has 18 heavy (non-hydrogen) atoms. The van der Waals surface area contributed by atoms with Crippen LogP contribution in [-0.4, -0.2) is 21.7 Å². The SMILES string of the molecule is Cc1cnc(CN2C(=O)C3CC3C2=O)c(C)c1N. The summed E-state index contributed by atoms with van der Waals surface area (Å²) in [5.41, 5.74) is 9.10. The van der Waals surface area contributed by atoms with E-state index in [1.807, 2.05) is 13.8 Å². The molecule has 2 amide bonds. The summed E-state index contributed by atoms with van der Waals surface area (Å²) in [5.74, 6) is -0.211. The van der Waals surface area contributed by atoms with Gasteiger partial charge in [0, 0.05) is 11.9 Å². The molecule has 1 aromatic rings. The molecule has 2 unspecified atom stereocenters. The molecule has 5 heteroatoms. The van der Waals surface area contributed by atoms with E-state index < -0.39 is 0 Å². The number of fused-ring (bicyclic) bond motifs is 1. The van der Waals surface area contributed by atoms with Gasteiger partial charge in [0.2, 0.25) is 11.8 Å². The number of anilines is 1. The number of aryl methyl sites for hydroxylation is 1. The van der Waals surface area contributed by atoms with Crippen LogP contribution >= 0.6 is 0 Å². The molecule has 1 saturated carbocycles. The van der Waals surface area contributed by atoms with Crippen LogP contribution in [0.3, 0.4) is 0 Å². The quantitative estimate of drug-likeness (QED) is 0.781. The van der Waals surface area contributed by atoms with E-state index in [1.54, 1.807) is 6.20 Å². The van der Waals surface area contributed by atoms with Crippen molar-refractivity contribution >= 4 is 17.5 Å². The Morgan fingerprint density at radius 1 is 1.33 bits per heavy atom. The summed E-state index contributed by atoms with van der Waals surface area (Å²) in [4.78, 5) is 29.3. The first-order valence-electron chi connectivity index (χ1n) is 6.06. The highest BCUT2D eigenvalue weighted by molar-refractivity contribution is 6.08. The Bertz CT molecular complexity index is 548. The fourth-order valence-electron chi connectivity index (χ4n) is 2.51. The molecule has 2 atom stereocenters. The van der Waals surface area contributed by atoms with Crippen LogP contribution in [0.25, 0.3) is 0 Å². The number of nitrogens with zero attached hydrogens (tertiary/aromatic N) is 2. The predicted octanol–water partition coefficient (Wildman–Crippen LogP) is 0.786. The standard InChI is InChI=1S/C13H15N3O2/c1-6-4-15-10(7(2)11(6)14)5-16-12(17)8-3-9(8)13(16)18/h4,8-9H,3,5H2,1-2H3,(H2,14,15). The molecular weight excluding hydrogens is 230 g/mol. The summed E-state index contributed by atoms with van der Waals surface area (Å²) in [5, 5.41) is 0. The average molecular weight is 245 g/mol. The number of nitrogen functional groups attached to an aromatic ring is 1. The molecule has 2 fully saturated rings. The van der Waals surface area contributed by atoms with Crippen LogP contribution in [0.2, 0.25) is 0 Å². The van der Waals surface area contributed by atoms with Crippen LogP contribution in [0, 0.1) is 25.7 Å². The Hall–Kier alpha value is -1.91. The normalized spacial score (nSPS) is 25.6. The van der Waals surface area contributed by atoms with E-state index in [0.29, 0.717) is 11.4 Å². The second kappa shape index (κ2) is 3.54. The van der Waals surface area contributed by atoms with Gasteiger partial charge in [0.05, 0.1) is 24.1 Å². The second-order valence-electron chi connectivity index (χ2n) is 5.14. The topological polar surface area (TPSA) is 76.3 Å². The Morgan fingerprint density at radius 2 is 1.94 bits per heavy atom. The number of hydrogen-bond donors (Lipinski definition) is 1. The third-order valence-electron chi connectivity index (χ3n) is 3.94. The summed E-state index contributed by atoms with van der Waals surface area (Å²) >= 11 is 0. The van der Waals surface area contributed by atoms with Gasteiger partial charge in [-0.15, -0.1) is 0 Å². The van der Waals surface area contributed by atoms with E-state index in [1.165, 1.54) is 4.90 Å². The lowest BCUT2D eigenvalue weighted by Gasteiger charge is -2.18. The van der Waals surface area contributed by atoms with Crippen molar-refractivity contribution in [2.75, 3.05) is 5.73 Å². The smallest absolute Gasteiger partial charge is 0.233 e. The number of carbonyl (C=O) groups excluding carboxylic acids is 2. The molecule has 1 aromatic heterocycles. The fourth-order valence-corrected chi connectivity index (χ4v) is 2.51. The van der Waals surface area contributed by atoms with Gasteiger partial charge >= 0.3 is 0 Å². The molecule has 3 rings (SSSR count). The molecule has 94 valence electrons. The van der Waals surface area contributed by atoms with Gasteiger partial charge in [-0.25, -0.2) is 0 Å². The van der Waals surface area contributed by atoms with Crippen molar-refractivity contribution in [2.24, 2.45) is 11.8 Å². The molecular formula is C13H15N3O2. The molecule has 2 heterocycles. The van der Waals surface area contributed by atoms with Gasteiger partial charge in [-0.2, -0.15) is 0 Å². The molecule has 2 aliphatic rings. The van der Waals surface area contributed by atoms with E-state index in [4.69, 9.17) is 5.73 Å². The summed E-state index contributed by atoms with van der Waals surface area (Å²) in [6.07, 6.45) is 2.42. The maximum Gasteiger partial charge on any atom is 0.233 e. The minimum absolute atomic E-state index is 0.0506. The Kier molecular flexibility index (Phi) is 2.20. The van der Waals surface area contributed by atoms with E-state index in [2.05, 4.69) is 4.98 Å². The fraction of sp³-hybridized carbons (Fsp3) is 0.462. The predicted molar refractivity (Wildman–Crippen MR) is 65.3 cm³/mol. The summed E-state index contributed by atoms with van der Waals surface area (Å²) in [6, 6.07) is 0. The molecule has 0 aromatic carbocycles. The average Bonchev–Trinajstić information content (AvgIpc) is 3.10. The number of rotatable bonds is 2. The van der Waals surface area contributed by atoms with Crippen molar-refractivity contribution in [3.63, 3.8) is 0 Å². The molecule has 0 radical (unpaired) electrons. The highest BCUT2D eigenvalue weighted by Gasteiger charge is 2.58. The molecule has 2 N–H and O–H groups in total. The lowest BCUT2D eigenvalue weighted by Crippen LogP contribution is -2.33. The van der Waals surface area contributed by atoms with Crippen molar-refractivity contribution in [3.05, 3.63) is 23.0 Å². The summed E-state index contributed by atoms with van der Waals surface area (Å²) in [6.45, 7) is 4.01. The van der Waals surface area contributed by atoms with Gasteiger partial charge in [0.25, 0.3) is 0 Å². The number of imide groups is 1. The van der Waals surface area contributed by atoms with Gasteiger partial charge in [-0.1, -0.05) is 0 Å². The highest BCUT2D eigenvalue weighted by Crippen LogP contribution is 2.47. The minimum Gasteiger partial charge on any atom is -0.398 e. The first-order chi connectivity index (χ1) is 8.50. The number of carbonyl (C=O) groups is 2. The Morgan fingerprint density at radius 3 is 2.56 bits per heavy atom. The third-order valence-corrected chi connectivity index (χ3v) is 3.94. The molecule has 0 bridgehead atoms. The van der Waals surface area contributed by atoms with Crippen LogP contribution in [0.5, 0.6) is 0 Å². The van der Waals surface area contributed by atoms with Crippen LogP contribution in [0.1, 0.15) is 23.2 Å². The zero-order chi connectivity index (χ0) is 13.0. The summed E-state index contributed by atoms with van der Waals surface area (Å²) in [7, 11) is 0. The lowest BCUT2D eigenvalue weighted by atomic mass is 10.1. The lowest BCUT2D eigenvalue weighted by molar-refractivity contribution is -0.142. The van der Waals surface area contributed by atoms with Crippen molar-refractivity contribution < 1.29 is 9.59 Å². The van der Waals surface area contributed by atoms with Crippen molar-refractivity contribution in [1.82, 2.24) is 9.88 Å². The zero-order valence-corrected chi connectivity index (χ0v) is 10.4. The van der Waals surface area contributed by atoms with Crippen LogP contribution in [0.4, 0.5) is 5.69 Å². The maximum atomic E-state index is 11.9. The van der Waals surface area contributed by atoms with E-state index >= 15 is 0 Å². The number of aromatic nitrogens is 1. The first kappa shape index (κ1) is 11.2. The van der Waals surface area contributed by atoms with Gasteiger partial charge < -0.3 is 5.73 Å². The molecule has 5 nitrogen and oxygen atoms in total. The van der Waals surface area contributed by atoms with Gasteiger partial charge in [-0.05, 0) is 31.4 Å². The van der Waals surface area contributed by atoms with E-state index in [-0.39, 0.29) is 30.2 Å². The number of pyridine rings is 1. The monoisotopic (exact) mass is 245 g/mol. The third kappa shape index (κ3) is 1.43. The van der Waals surface area contributed by atoms with Crippen LogP contribution < -0.4 is 5.73 Å². The number of piperidine rings is 1. The zero-order valence-electron chi connectivity index (χ0n) is 10.4. The van der Waals surface area contributed by atoms with Crippen molar-refractivity contribution in [1.29, 1.82) is 0 Å². The van der Waals surface area contributed by atoms with Gasteiger partial charge in [0.1, 0.15) is 0 Å². The molecule has 1 aliphatic heterocycles. The van der Waals surface area contributed by atoms with E-state index in [9.17, 15) is 9.59 Å². The van der Waals surface area contributed by atoms with E-state index in [0.717, 1.165) is 17.5 Å². The summed E-state index contributed by atoms with van der Waals surface area (Å²) < 4.78 is 0. The van der Waals surface area contributed by atoms with Crippen molar-refractivity contribution in [3.8, 4) is 0 Å². The van der Waals surface area contributed by atoms with Gasteiger partial charge in [0.15, 0.2) is 0 Å². The number of amides is 2. The first-order valence-corrected chi connectivity index (χ1v) is 6.06. The Labute approximate surface area is 105 Å². The Balaban J connectivity index is 1.88. The molecule has 1 saturated heterocycles. The van der Waals surface area contributed by atoms with Gasteiger partial charge in [-0.3, -0.25) is 19.5 Å². The second-order valence-corrected chi connectivity index (χ2v) is 5.14. The number of hydrogen-bond acceptors (Lipinski definition) is 4. The largest absolute Gasteiger partial charge is 0.398 e. The van der Waals surface area contributed by atoms with Crippen LogP contribution in [-0.2, 0) is 16.1 Å². The van der Waals surface area contributed by atoms with Crippen LogP contribution in [0.15, 0.2) is 6.20 Å². The number of likely N-dealkylation sites (tertiary alicyclic amines) is 1.